The molecule has 0 aliphatic rings. The third-order valence-corrected chi connectivity index (χ3v) is 4.96. The van der Waals surface area contributed by atoms with Crippen molar-refractivity contribution < 1.29 is 13.9 Å². The summed E-state index contributed by atoms with van der Waals surface area (Å²) >= 11 is 3.39. The molecule has 0 aliphatic carbocycles. The van der Waals surface area contributed by atoms with Crippen LogP contribution in [0.25, 0.3) is 10.9 Å². The van der Waals surface area contributed by atoms with Crippen LogP contribution in [-0.4, -0.2) is 17.4 Å². The summed E-state index contributed by atoms with van der Waals surface area (Å²) in [4.78, 5) is 15.5. The molecule has 0 fully saturated rings. The average Bonchev–Trinajstić information content (AvgIpc) is 3.35. The second kappa shape index (κ2) is 8.35. The zero-order chi connectivity index (χ0) is 19.3. The molecule has 28 heavy (non-hydrogen) atoms. The molecule has 0 radical (unpaired) electrons. The third kappa shape index (κ3) is 4.28. The van der Waals surface area contributed by atoms with E-state index in [9.17, 15) is 4.79 Å². The second-order valence-corrected chi connectivity index (χ2v) is 7.29. The maximum absolute atomic E-state index is 12.3. The molecule has 0 atom stereocenters. The second-order valence-electron chi connectivity index (χ2n) is 6.37. The molecule has 0 saturated carbocycles. The Bertz CT molecular complexity index is 1080. The zero-order valence-corrected chi connectivity index (χ0v) is 16.7. The number of ether oxygens (including phenoxy) is 1. The lowest BCUT2D eigenvalue weighted by atomic mass is 10.1. The highest BCUT2D eigenvalue weighted by molar-refractivity contribution is 9.10. The number of halogens is 1. The summed E-state index contributed by atoms with van der Waals surface area (Å²) in [5.74, 6) is 1.40. The van der Waals surface area contributed by atoms with Gasteiger partial charge in [-0.15, -0.1) is 0 Å². The van der Waals surface area contributed by atoms with Gasteiger partial charge in [0.1, 0.15) is 18.1 Å². The van der Waals surface area contributed by atoms with Gasteiger partial charge in [0.15, 0.2) is 5.76 Å². The standard InChI is InChI=1S/C22H19BrN2O3/c23-16-5-7-17(8-6-16)27-14-18-9-10-21(28-18)22(26)24-12-11-15-13-25-20-4-2-1-3-19(15)20/h1-10,13,25H,11-12,14H2,(H,24,26). The maximum atomic E-state index is 12.3. The SMILES string of the molecule is O=C(NCCc1c[nH]c2ccccc12)c1ccc(COc2ccc(Br)cc2)o1. The van der Waals surface area contributed by atoms with Crippen molar-refractivity contribution in [3.05, 3.63) is 88.4 Å². The summed E-state index contributed by atoms with van der Waals surface area (Å²) in [7, 11) is 0. The number of carbonyl (C=O) groups excluding carboxylic acids is 1. The number of nitrogens with one attached hydrogen (secondary N) is 2. The van der Waals surface area contributed by atoms with E-state index in [2.05, 4.69) is 32.3 Å². The lowest BCUT2D eigenvalue weighted by Crippen LogP contribution is -2.25. The van der Waals surface area contributed by atoms with Crippen LogP contribution < -0.4 is 10.1 Å². The molecule has 0 saturated heterocycles. The van der Waals surface area contributed by atoms with Crippen LogP contribution in [0.5, 0.6) is 5.75 Å². The van der Waals surface area contributed by atoms with Crippen molar-refractivity contribution >= 4 is 32.7 Å². The van der Waals surface area contributed by atoms with Gasteiger partial charge in [0.25, 0.3) is 5.91 Å². The monoisotopic (exact) mass is 438 g/mol. The fourth-order valence-electron chi connectivity index (χ4n) is 3.00. The zero-order valence-electron chi connectivity index (χ0n) is 15.1. The van der Waals surface area contributed by atoms with E-state index >= 15 is 0 Å². The molecule has 0 spiro atoms. The van der Waals surface area contributed by atoms with Gasteiger partial charge in [-0.3, -0.25) is 4.79 Å². The average molecular weight is 439 g/mol. The molecule has 4 aromatic rings. The van der Waals surface area contributed by atoms with E-state index in [0.717, 1.165) is 22.2 Å². The van der Waals surface area contributed by atoms with E-state index in [1.807, 2.05) is 48.7 Å². The number of hydrogen-bond acceptors (Lipinski definition) is 3. The Morgan fingerprint density at radius 3 is 2.75 bits per heavy atom. The van der Waals surface area contributed by atoms with Crippen molar-refractivity contribution in [2.75, 3.05) is 6.54 Å². The van der Waals surface area contributed by atoms with E-state index in [1.165, 1.54) is 10.9 Å². The molecule has 0 unspecified atom stereocenters. The molecule has 5 nitrogen and oxygen atoms in total. The summed E-state index contributed by atoms with van der Waals surface area (Å²) in [6.07, 6.45) is 2.73. The molecule has 6 heteroatoms. The molecule has 2 aromatic heterocycles. The number of aromatic nitrogens is 1. The van der Waals surface area contributed by atoms with Crippen LogP contribution in [0.3, 0.4) is 0 Å². The van der Waals surface area contributed by atoms with E-state index in [0.29, 0.717) is 12.3 Å². The van der Waals surface area contributed by atoms with Crippen molar-refractivity contribution in [3.63, 3.8) is 0 Å². The van der Waals surface area contributed by atoms with Crippen LogP contribution in [0.1, 0.15) is 21.9 Å². The van der Waals surface area contributed by atoms with Crippen LogP contribution in [0.4, 0.5) is 0 Å². The lowest BCUT2D eigenvalue weighted by Gasteiger charge is -2.04. The van der Waals surface area contributed by atoms with Crippen LogP contribution in [0.15, 0.2) is 75.8 Å². The Hall–Kier alpha value is -2.99. The van der Waals surface area contributed by atoms with Gasteiger partial charge in [-0.05, 0) is 54.4 Å². The molecule has 4 rings (SSSR count). The number of carbonyl (C=O) groups is 1. The van der Waals surface area contributed by atoms with Gasteiger partial charge < -0.3 is 19.5 Å². The summed E-state index contributed by atoms with van der Waals surface area (Å²) in [5.41, 5.74) is 2.28. The Morgan fingerprint density at radius 1 is 1.07 bits per heavy atom. The van der Waals surface area contributed by atoms with Crippen molar-refractivity contribution in [1.82, 2.24) is 10.3 Å². The third-order valence-electron chi connectivity index (χ3n) is 4.43. The topological polar surface area (TPSA) is 67.3 Å². The molecule has 142 valence electrons. The highest BCUT2D eigenvalue weighted by Crippen LogP contribution is 2.19. The van der Waals surface area contributed by atoms with Crippen LogP contribution >= 0.6 is 15.9 Å². The van der Waals surface area contributed by atoms with Gasteiger partial charge in [-0.1, -0.05) is 34.1 Å². The highest BCUT2D eigenvalue weighted by atomic mass is 79.9. The molecule has 0 bridgehead atoms. The van der Waals surface area contributed by atoms with Gasteiger partial charge in [0, 0.05) is 28.1 Å². The number of furan rings is 1. The Balaban J connectivity index is 1.28. The summed E-state index contributed by atoms with van der Waals surface area (Å²) in [6, 6.07) is 19.1. The first-order valence-corrected chi connectivity index (χ1v) is 9.78. The number of H-pyrrole nitrogens is 1. The normalized spacial score (nSPS) is 10.9. The predicted molar refractivity (Wildman–Crippen MR) is 112 cm³/mol. The molecular formula is C22H19BrN2O3. The van der Waals surface area contributed by atoms with Crippen LogP contribution in [-0.2, 0) is 13.0 Å². The van der Waals surface area contributed by atoms with Gasteiger partial charge >= 0.3 is 0 Å². The minimum absolute atomic E-state index is 0.227. The molecular weight excluding hydrogens is 420 g/mol. The van der Waals surface area contributed by atoms with E-state index in [-0.39, 0.29) is 18.3 Å². The number of rotatable bonds is 7. The lowest BCUT2D eigenvalue weighted by molar-refractivity contribution is 0.0922. The number of fused-ring (bicyclic) bond motifs is 1. The van der Waals surface area contributed by atoms with Gasteiger partial charge in [0.05, 0.1) is 0 Å². The van der Waals surface area contributed by atoms with Crippen molar-refractivity contribution in [2.24, 2.45) is 0 Å². The number of para-hydroxylation sites is 1. The fourth-order valence-corrected chi connectivity index (χ4v) is 3.26. The fraction of sp³-hybridized carbons (Fsp3) is 0.136. The van der Waals surface area contributed by atoms with Crippen molar-refractivity contribution in [1.29, 1.82) is 0 Å². The summed E-state index contributed by atoms with van der Waals surface area (Å²) in [5, 5.41) is 4.09. The van der Waals surface area contributed by atoms with Gasteiger partial charge in [-0.2, -0.15) is 0 Å². The largest absolute Gasteiger partial charge is 0.486 e. The molecule has 2 heterocycles. The van der Waals surface area contributed by atoms with Gasteiger partial charge in [0.2, 0.25) is 0 Å². The number of amides is 1. The van der Waals surface area contributed by atoms with Crippen LogP contribution in [0, 0.1) is 0 Å². The summed E-state index contributed by atoms with van der Waals surface area (Å²) < 4.78 is 12.2. The molecule has 2 N–H and O–H groups in total. The minimum atomic E-state index is -0.227. The maximum Gasteiger partial charge on any atom is 0.287 e. The Labute approximate surface area is 170 Å². The highest BCUT2D eigenvalue weighted by Gasteiger charge is 2.12. The number of aromatic amines is 1. The number of benzene rings is 2. The number of hydrogen-bond donors (Lipinski definition) is 2. The molecule has 2 aromatic carbocycles. The van der Waals surface area contributed by atoms with E-state index < -0.39 is 0 Å². The first kappa shape index (κ1) is 18.4. The van der Waals surface area contributed by atoms with E-state index in [4.69, 9.17) is 9.15 Å². The first-order valence-electron chi connectivity index (χ1n) is 8.99. The molecule has 1 amide bonds. The first-order chi connectivity index (χ1) is 13.7. The predicted octanol–water partition coefficient (Wildman–Crippen LogP) is 5.07. The van der Waals surface area contributed by atoms with Gasteiger partial charge in [-0.25, -0.2) is 0 Å². The Morgan fingerprint density at radius 2 is 1.89 bits per heavy atom. The Kier molecular flexibility index (Phi) is 5.48. The van der Waals surface area contributed by atoms with E-state index in [1.54, 1.807) is 12.1 Å². The van der Waals surface area contributed by atoms with Crippen LogP contribution in [0.2, 0.25) is 0 Å². The smallest absolute Gasteiger partial charge is 0.287 e. The molecule has 0 aliphatic heterocycles. The van der Waals surface area contributed by atoms with Crippen molar-refractivity contribution in [3.8, 4) is 5.75 Å². The summed E-state index contributed by atoms with van der Waals surface area (Å²) in [6.45, 7) is 0.802. The van der Waals surface area contributed by atoms with Crippen molar-refractivity contribution in [2.45, 2.75) is 13.0 Å². The quantitative estimate of drug-likeness (QED) is 0.422. The minimum Gasteiger partial charge on any atom is -0.486 e.